The summed E-state index contributed by atoms with van der Waals surface area (Å²) in [7, 11) is -4.94. The lowest BCUT2D eigenvalue weighted by atomic mass is 10.1. The molecule has 11 nitrogen and oxygen atoms in total. The maximum Gasteiger partial charge on any atom is 0.338 e. The van der Waals surface area contributed by atoms with Crippen molar-refractivity contribution in [1.29, 1.82) is 0 Å². The second-order valence-electron chi connectivity index (χ2n) is 20.6. The Hall–Kier alpha value is -10.5. The number of benzene rings is 11. The predicted octanol–water partition coefficient (Wildman–Crippen LogP) is 16.0. The van der Waals surface area contributed by atoms with Gasteiger partial charge in [0, 0.05) is 65.8 Å². The molecule has 0 atom stereocenters. The van der Waals surface area contributed by atoms with E-state index >= 15 is 0 Å². The van der Waals surface area contributed by atoms with Gasteiger partial charge in [-0.25, -0.2) is 9.59 Å². The Kier molecular flexibility index (Phi) is 11.3. The molecule has 15 aromatic rings. The highest BCUT2D eigenvalue weighted by Gasteiger charge is 2.24. The molecule has 0 aliphatic rings. The first-order valence-corrected chi connectivity index (χ1v) is 28.3. The number of para-hydroxylation sites is 8. The lowest BCUT2D eigenvalue weighted by Crippen LogP contribution is -2.12. The van der Waals surface area contributed by atoms with Gasteiger partial charge in [0.1, 0.15) is 13.2 Å². The van der Waals surface area contributed by atoms with Crippen molar-refractivity contribution < 1.29 is 32.0 Å². The molecule has 0 saturated carbocycles. The fourth-order valence-corrected chi connectivity index (χ4v) is 12.8. The average Bonchev–Trinajstić information content (AvgIpc) is 4.07. The van der Waals surface area contributed by atoms with Gasteiger partial charge in [0.15, 0.2) is 0 Å². The van der Waals surface area contributed by atoms with Crippen LogP contribution < -0.4 is 0 Å². The minimum absolute atomic E-state index is 0.236. The van der Waals surface area contributed by atoms with Crippen LogP contribution in [0.15, 0.2) is 254 Å². The number of nitrogens with zero attached hydrogens (tertiary/aromatic N) is 4. The van der Waals surface area contributed by atoms with E-state index in [2.05, 4.69) is 127 Å². The van der Waals surface area contributed by atoms with Gasteiger partial charge in [-0.2, -0.15) is 8.42 Å². The van der Waals surface area contributed by atoms with Crippen molar-refractivity contribution in [2.75, 3.05) is 0 Å². The van der Waals surface area contributed by atoms with Gasteiger partial charge < -0.3 is 27.7 Å². The van der Waals surface area contributed by atoms with E-state index in [9.17, 15) is 22.6 Å². The van der Waals surface area contributed by atoms with Gasteiger partial charge in [0.25, 0.3) is 10.1 Å². The van der Waals surface area contributed by atoms with Crippen LogP contribution >= 0.6 is 0 Å². The number of hydrogen-bond donors (Lipinski definition) is 1. The number of carbonyl (C=O) groups is 2. The Morgan fingerprint density at radius 2 is 0.537 bits per heavy atom. The molecule has 12 heteroatoms. The monoisotopic (exact) mass is 1090 g/mol. The van der Waals surface area contributed by atoms with Gasteiger partial charge in [-0.1, -0.05) is 146 Å². The van der Waals surface area contributed by atoms with E-state index in [1.807, 2.05) is 121 Å². The highest BCUT2D eigenvalue weighted by molar-refractivity contribution is 7.85. The first-order chi connectivity index (χ1) is 40.1. The first kappa shape index (κ1) is 48.6. The van der Waals surface area contributed by atoms with Gasteiger partial charge >= 0.3 is 11.9 Å². The van der Waals surface area contributed by atoms with Crippen LogP contribution in [0.4, 0.5) is 0 Å². The molecule has 4 aromatic heterocycles. The maximum absolute atomic E-state index is 14.4. The largest absolute Gasteiger partial charge is 0.457 e. The van der Waals surface area contributed by atoms with Gasteiger partial charge in [-0.15, -0.1) is 0 Å². The lowest BCUT2D eigenvalue weighted by molar-refractivity contribution is 0.0469. The van der Waals surface area contributed by atoms with Crippen LogP contribution in [0, 0.1) is 0 Å². The van der Waals surface area contributed by atoms with Crippen LogP contribution in [-0.2, 0) is 32.8 Å². The molecule has 0 spiro atoms. The van der Waals surface area contributed by atoms with Crippen molar-refractivity contribution in [2.24, 2.45) is 0 Å². The third-order valence-corrected chi connectivity index (χ3v) is 16.5. The SMILES string of the molecule is O=C(OCc1cc(-n2c3ccccc3c3ccccc32)cc(-n2c3ccccc3c3ccccc32)c1)c1cc(C(=O)OCc2cc(-n3c4ccccc4c4ccccc43)cc(-n3c4ccccc4c4ccccc43)c2)cc(S(=O)(=O)O)c1. The van der Waals surface area contributed by atoms with Crippen molar-refractivity contribution >= 4 is 109 Å². The Morgan fingerprint density at radius 1 is 0.317 bits per heavy atom. The van der Waals surface area contributed by atoms with Crippen molar-refractivity contribution in [3.05, 3.63) is 271 Å². The number of hydrogen-bond acceptors (Lipinski definition) is 6. The van der Waals surface area contributed by atoms with Crippen LogP contribution in [0.3, 0.4) is 0 Å². The molecule has 15 rings (SSSR count). The number of fused-ring (bicyclic) bond motifs is 12. The second kappa shape index (κ2) is 19.1. The quantitative estimate of drug-likeness (QED) is 0.101. The second-order valence-corrected chi connectivity index (χ2v) is 22.0. The number of rotatable bonds is 11. The molecule has 0 fully saturated rings. The van der Waals surface area contributed by atoms with Crippen LogP contribution in [0.25, 0.3) is 110 Å². The van der Waals surface area contributed by atoms with E-state index in [-0.39, 0.29) is 24.3 Å². The van der Waals surface area contributed by atoms with Crippen LogP contribution in [0.5, 0.6) is 0 Å². The molecule has 1 N–H and O–H groups in total. The molecule has 11 aromatic carbocycles. The summed E-state index contributed by atoms with van der Waals surface area (Å²) < 4.78 is 57.3. The predicted molar refractivity (Wildman–Crippen MR) is 325 cm³/mol. The van der Waals surface area contributed by atoms with Crippen molar-refractivity contribution in [2.45, 2.75) is 18.1 Å². The molecule has 4 heterocycles. The molecule has 0 aliphatic carbocycles. The van der Waals surface area contributed by atoms with E-state index in [1.165, 1.54) is 6.07 Å². The highest BCUT2D eigenvalue weighted by atomic mass is 32.2. The Bertz CT molecular complexity index is 4490. The molecular formula is C70H46N4O7S. The van der Waals surface area contributed by atoms with Crippen molar-refractivity contribution in [1.82, 2.24) is 18.3 Å². The summed E-state index contributed by atoms with van der Waals surface area (Å²) in [6.07, 6.45) is 0. The highest BCUT2D eigenvalue weighted by Crippen LogP contribution is 2.39. The topological polar surface area (TPSA) is 127 Å². The first-order valence-electron chi connectivity index (χ1n) is 26.8. The normalized spacial score (nSPS) is 12.0. The number of aromatic nitrogens is 4. The third kappa shape index (κ3) is 8.02. The molecule has 0 unspecified atom stereocenters. The summed E-state index contributed by atoms with van der Waals surface area (Å²) in [5, 5.41) is 8.66. The van der Waals surface area contributed by atoms with Crippen molar-refractivity contribution in [3.8, 4) is 22.7 Å². The van der Waals surface area contributed by atoms with E-state index in [4.69, 9.17) is 9.47 Å². The van der Waals surface area contributed by atoms with Crippen LogP contribution in [0.2, 0.25) is 0 Å². The minimum Gasteiger partial charge on any atom is -0.457 e. The number of esters is 2. The molecule has 0 aliphatic heterocycles. The molecule has 0 bridgehead atoms. The summed E-state index contributed by atoms with van der Waals surface area (Å²) in [6, 6.07) is 81.2. The van der Waals surface area contributed by atoms with E-state index in [1.54, 1.807) is 0 Å². The summed E-state index contributed by atoms with van der Waals surface area (Å²) in [5.41, 5.74) is 12.0. The van der Waals surface area contributed by atoms with Crippen LogP contribution in [-0.4, -0.2) is 43.2 Å². The molecule has 0 saturated heterocycles. The molecule has 394 valence electrons. The zero-order valence-corrected chi connectivity index (χ0v) is 44.5. The average molecular weight is 1090 g/mol. The number of ether oxygens (including phenoxy) is 2. The van der Waals surface area contributed by atoms with Gasteiger partial charge in [-0.05, 0) is 114 Å². The molecule has 0 radical (unpaired) electrons. The maximum atomic E-state index is 14.4. The molecule has 0 amide bonds. The van der Waals surface area contributed by atoms with Gasteiger partial charge in [0.05, 0.1) is 60.2 Å². The van der Waals surface area contributed by atoms with Crippen LogP contribution in [0.1, 0.15) is 31.8 Å². The Morgan fingerprint density at radius 3 is 0.756 bits per heavy atom. The minimum atomic E-state index is -4.94. The van der Waals surface area contributed by atoms with E-state index in [0.717, 1.165) is 122 Å². The van der Waals surface area contributed by atoms with Crippen molar-refractivity contribution in [3.63, 3.8) is 0 Å². The zero-order valence-electron chi connectivity index (χ0n) is 43.7. The Balaban J connectivity index is 0.792. The summed E-state index contributed by atoms with van der Waals surface area (Å²) in [6.45, 7) is -0.471. The smallest absolute Gasteiger partial charge is 0.338 e. The fourth-order valence-electron chi connectivity index (χ4n) is 12.2. The third-order valence-electron chi connectivity index (χ3n) is 15.7. The Labute approximate surface area is 469 Å². The van der Waals surface area contributed by atoms with E-state index in [0.29, 0.717) is 11.1 Å². The summed E-state index contributed by atoms with van der Waals surface area (Å²) in [5.74, 6) is -1.84. The summed E-state index contributed by atoms with van der Waals surface area (Å²) in [4.78, 5) is 28.1. The molecular weight excluding hydrogens is 1040 g/mol. The zero-order chi connectivity index (χ0) is 55.2. The lowest BCUT2D eigenvalue weighted by Gasteiger charge is -2.16. The summed E-state index contributed by atoms with van der Waals surface area (Å²) >= 11 is 0. The van der Waals surface area contributed by atoms with Gasteiger partial charge in [0.2, 0.25) is 0 Å². The van der Waals surface area contributed by atoms with Gasteiger partial charge in [-0.3, -0.25) is 4.55 Å². The molecule has 82 heavy (non-hydrogen) atoms. The standard InChI is InChI=1S/C70H46N4O7S/c75-69(80-42-44-33-48(71-61-25-9-1-17-53(61)54-18-2-10-26-62(54)71)40-49(34-44)72-63-27-11-3-19-55(63)56-20-4-12-28-64(56)72)46-37-47(39-52(38-46)82(77,78)79)70(76)81-43-45-35-50(73-65-29-13-5-21-57(65)58-22-6-14-30-66(58)73)41-51(36-45)74-67-31-15-7-23-59(67)60-24-8-16-32-68(60)74/h1-41H,42-43H2,(H,77,78,79). The fraction of sp³-hybridized carbons (Fsp3) is 0.0286. The van der Waals surface area contributed by atoms with E-state index < -0.39 is 27.0 Å². The number of carbonyl (C=O) groups excluding carboxylic acids is 2.